The van der Waals surface area contributed by atoms with Crippen LogP contribution >= 0.6 is 24.8 Å². The average Bonchev–Trinajstić information content (AvgIpc) is 2.17. The summed E-state index contributed by atoms with van der Waals surface area (Å²) < 4.78 is 0. The van der Waals surface area contributed by atoms with Gasteiger partial charge in [0.05, 0.1) is 6.04 Å². The highest BCUT2D eigenvalue weighted by molar-refractivity contribution is 6.00. The summed E-state index contributed by atoms with van der Waals surface area (Å²) >= 11 is 0. The molecule has 5 heteroatoms. The lowest BCUT2D eigenvalue weighted by molar-refractivity contribution is 0.0946. The molecule has 3 nitrogen and oxygen atoms in total. The number of rotatable bonds is 4. The fraction of sp³-hybridized carbons (Fsp3) is 0.417. The maximum Gasteiger partial charge on any atom is 0.179 e. The molecule has 1 unspecified atom stereocenters. The molecule has 0 amide bonds. The molecule has 3 N–H and O–H groups in total. The van der Waals surface area contributed by atoms with Gasteiger partial charge in [-0.15, -0.1) is 24.8 Å². The SMILES string of the molecule is CC(C)NC(C)C(=O)c1ccc(N)cc1.Cl.Cl. The molecule has 0 saturated carbocycles. The van der Waals surface area contributed by atoms with E-state index >= 15 is 0 Å². The van der Waals surface area contributed by atoms with Gasteiger partial charge in [0.2, 0.25) is 0 Å². The van der Waals surface area contributed by atoms with Crippen molar-refractivity contribution in [3.63, 3.8) is 0 Å². The third-order valence-electron chi connectivity index (χ3n) is 2.17. The van der Waals surface area contributed by atoms with Crippen molar-refractivity contribution in [2.45, 2.75) is 32.9 Å². The van der Waals surface area contributed by atoms with Gasteiger partial charge in [0, 0.05) is 17.3 Å². The number of hydrogen-bond donors (Lipinski definition) is 2. The van der Waals surface area contributed by atoms with Crippen LogP contribution in [0.3, 0.4) is 0 Å². The van der Waals surface area contributed by atoms with E-state index in [0.29, 0.717) is 17.3 Å². The van der Waals surface area contributed by atoms with E-state index in [1.807, 2.05) is 20.8 Å². The highest BCUT2D eigenvalue weighted by Gasteiger charge is 2.14. The van der Waals surface area contributed by atoms with Crippen molar-refractivity contribution < 1.29 is 4.79 Å². The molecule has 0 radical (unpaired) electrons. The van der Waals surface area contributed by atoms with Gasteiger partial charge < -0.3 is 11.1 Å². The summed E-state index contributed by atoms with van der Waals surface area (Å²) in [5, 5.41) is 3.17. The molecule has 17 heavy (non-hydrogen) atoms. The van der Waals surface area contributed by atoms with Crippen LogP contribution in [0.25, 0.3) is 0 Å². The normalized spacial score (nSPS) is 11.3. The van der Waals surface area contributed by atoms with Gasteiger partial charge in [-0.05, 0) is 31.2 Å². The number of Topliss-reactive ketones (excluding diaryl/α,β-unsaturated/α-hetero) is 1. The van der Waals surface area contributed by atoms with E-state index in [1.54, 1.807) is 24.3 Å². The van der Waals surface area contributed by atoms with Gasteiger partial charge in [0.25, 0.3) is 0 Å². The van der Waals surface area contributed by atoms with Gasteiger partial charge in [-0.25, -0.2) is 0 Å². The fourth-order valence-electron chi connectivity index (χ4n) is 1.47. The summed E-state index contributed by atoms with van der Waals surface area (Å²) in [7, 11) is 0. The van der Waals surface area contributed by atoms with Crippen molar-refractivity contribution in [1.82, 2.24) is 5.32 Å². The third-order valence-corrected chi connectivity index (χ3v) is 2.17. The van der Waals surface area contributed by atoms with Crippen LogP contribution in [0.2, 0.25) is 0 Å². The molecule has 1 atom stereocenters. The van der Waals surface area contributed by atoms with E-state index in [9.17, 15) is 4.79 Å². The van der Waals surface area contributed by atoms with Crippen molar-refractivity contribution in [2.24, 2.45) is 0 Å². The molecule has 0 aliphatic rings. The topological polar surface area (TPSA) is 55.1 Å². The maximum atomic E-state index is 11.9. The Morgan fingerprint density at radius 3 is 2.00 bits per heavy atom. The molecule has 0 fully saturated rings. The first-order valence-corrected chi connectivity index (χ1v) is 5.16. The average molecular weight is 279 g/mol. The molecule has 98 valence electrons. The number of halogens is 2. The van der Waals surface area contributed by atoms with Crippen LogP contribution in [0.5, 0.6) is 0 Å². The van der Waals surface area contributed by atoms with E-state index in [0.717, 1.165) is 0 Å². The minimum Gasteiger partial charge on any atom is -0.399 e. The lowest BCUT2D eigenvalue weighted by Crippen LogP contribution is -2.38. The van der Waals surface area contributed by atoms with E-state index in [4.69, 9.17) is 5.73 Å². The van der Waals surface area contributed by atoms with Crippen LogP contribution in [-0.2, 0) is 0 Å². The predicted molar refractivity (Wildman–Crippen MR) is 77.4 cm³/mol. The van der Waals surface area contributed by atoms with E-state index in [-0.39, 0.29) is 36.6 Å². The number of anilines is 1. The van der Waals surface area contributed by atoms with Gasteiger partial charge in [0.1, 0.15) is 0 Å². The second-order valence-corrected chi connectivity index (χ2v) is 4.03. The molecule has 0 spiro atoms. The second-order valence-electron chi connectivity index (χ2n) is 4.03. The van der Waals surface area contributed by atoms with Gasteiger partial charge in [-0.1, -0.05) is 13.8 Å². The van der Waals surface area contributed by atoms with Crippen molar-refractivity contribution >= 4 is 36.3 Å². The number of ketones is 1. The van der Waals surface area contributed by atoms with Gasteiger partial charge in [-0.2, -0.15) is 0 Å². The van der Waals surface area contributed by atoms with Crippen LogP contribution < -0.4 is 11.1 Å². The Bertz CT molecular complexity index is 339. The van der Waals surface area contributed by atoms with Gasteiger partial charge in [-0.3, -0.25) is 4.79 Å². The molecule has 1 aromatic carbocycles. The van der Waals surface area contributed by atoms with Crippen LogP contribution in [0.1, 0.15) is 31.1 Å². The first kappa shape index (κ1) is 18.6. The van der Waals surface area contributed by atoms with Crippen molar-refractivity contribution in [1.29, 1.82) is 0 Å². The Morgan fingerprint density at radius 2 is 1.59 bits per heavy atom. The standard InChI is InChI=1S/C12H18N2O.2ClH/c1-8(2)14-9(3)12(15)10-4-6-11(13)7-5-10;;/h4-9,14H,13H2,1-3H3;2*1H. The van der Waals surface area contributed by atoms with Crippen molar-refractivity contribution in [2.75, 3.05) is 5.73 Å². The quantitative estimate of drug-likeness (QED) is 0.658. The summed E-state index contributed by atoms with van der Waals surface area (Å²) in [6.45, 7) is 5.91. The lowest BCUT2D eigenvalue weighted by Gasteiger charge is -2.15. The molecule has 1 aromatic rings. The summed E-state index contributed by atoms with van der Waals surface area (Å²) in [6, 6.07) is 7.16. The Labute approximate surface area is 115 Å². The molecule has 0 bridgehead atoms. The van der Waals surface area contributed by atoms with E-state index < -0.39 is 0 Å². The molecule has 0 heterocycles. The van der Waals surface area contributed by atoms with E-state index in [1.165, 1.54) is 0 Å². The predicted octanol–water partition coefficient (Wildman–Crippen LogP) is 2.68. The molecule has 0 saturated heterocycles. The van der Waals surface area contributed by atoms with Gasteiger partial charge in [0.15, 0.2) is 5.78 Å². The smallest absolute Gasteiger partial charge is 0.179 e. The maximum absolute atomic E-state index is 11.9. The number of nitrogens with one attached hydrogen (secondary N) is 1. The molecular weight excluding hydrogens is 259 g/mol. The summed E-state index contributed by atoms with van der Waals surface area (Å²) in [5.41, 5.74) is 6.93. The summed E-state index contributed by atoms with van der Waals surface area (Å²) in [5.74, 6) is 0.101. The monoisotopic (exact) mass is 278 g/mol. The molecule has 0 aliphatic heterocycles. The first-order chi connectivity index (χ1) is 7.00. The van der Waals surface area contributed by atoms with Gasteiger partial charge >= 0.3 is 0 Å². The Hall–Kier alpha value is -0.770. The number of carbonyl (C=O) groups is 1. The second kappa shape index (κ2) is 8.34. The number of carbonyl (C=O) groups excluding carboxylic acids is 1. The minimum absolute atomic E-state index is 0. The Morgan fingerprint density at radius 1 is 1.12 bits per heavy atom. The molecule has 0 aliphatic carbocycles. The zero-order valence-electron chi connectivity index (χ0n) is 10.3. The highest BCUT2D eigenvalue weighted by atomic mass is 35.5. The fourth-order valence-corrected chi connectivity index (χ4v) is 1.47. The Balaban J connectivity index is 0. The largest absolute Gasteiger partial charge is 0.399 e. The number of benzene rings is 1. The first-order valence-electron chi connectivity index (χ1n) is 5.16. The number of hydrogen-bond acceptors (Lipinski definition) is 3. The summed E-state index contributed by atoms with van der Waals surface area (Å²) in [6.07, 6.45) is 0. The van der Waals surface area contributed by atoms with Crippen molar-refractivity contribution in [3.05, 3.63) is 29.8 Å². The minimum atomic E-state index is -0.159. The zero-order chi connectivity index (χ0) is 11.4. The number of nitrogens with two attached hydrogens (primary N) is 1. The Kier molecular flexibility index (Phi) is 9.12. The lowest BCUT2D eigenvalue weighted by atomic mass is 10.0. The zero-order valence-corrected chi connectivity index (χ0v) is 11.9. The van der Waals surface area contributed by atoms with Crippen LogP contribution in [0, 0.1) is 0 Å². The van der Waals surface area contributed by atoms with E-state index in [2.05, 4.69) is 5.32 Å². The highest BCUT2D eigenvalue weighted by Crippen LogP contribution is 2.08. The molecule has 1 rings (SSSR count). The number of nitrogen functional groups attached to an aromatic ring is 1. The van der Waals surface area contributed by atoms with Crippen LogP contribution in [0.4, 0.5) is 5.69 Å². The van der Waals surface area contributed by atoms with Crippen LogP contribution in [-0.4, -0.2) is 17.9 Å². The third kappa shape index (κ3) is 5.91. The van der Waals surface area contributed by atoms with Crippen LogP contribution in [0.15, 0.2) is 24.3 Å². The summed E-state index contributed by atoms with van der Waals surface area (Å²) in [4.78, 5) is 11.9. The van der Waals surface area contributed by atoms with Crippen molar-refractivity contribution in [3.8, 4) is 0 Å². The molecule has 0 aromatic heterocycles. The molecular formula is C12H20Cl2N2O.